The fourth-order valence-corrected chi connectivity index (χ4v) is 0.329. The van der Waals surface area contributed by atoms with Crippen LogP contribution in [0, 0.1) is 11.3 Å². The monoisotopic (exact) mass is 163 g/mol. The Morgan fingerprint density at radius 2 is 2.36 bits per heavy atom. The quantitative estimate of drug-likeness (QED) is 0.138. The average Bonchev–Trinajstić information content (AvgIpc) is 1.91. The average molecular weight is 163 g/mol. The van der Waals surface area contributed by atoms with Gasteiger partial charge in [0.05, 0.1) is 6.61 Å². The van der Waals surface area contributed by atoms with Gasteiger partial charge in [0.25, 0.3) is 0 Å². The molecule has 0 N–H and O–H groups in total. The molecule has 0 radical (unpaired) electrons. The Hall–Kier alpha value is -0.500. The minimum Gasteiger partial charge on any atom is -0.877 e. The van der Waals surface area contributed by atoms with Crippen LogP contribution >= 0.6 is 0 Å². The largest absolute Gasteiger partial charge is 1.00 e. The van der Waals surface area contributed by atoms with Crippen LogP contribution in [0.15, 0.2) is 11.8 Å². The maximum absolute atomic E-state index is 10.5. The van der Waals surface area contributed by atoms with Gasteiger partial charge >= 0.3 is 35.5 Å². The van der Waals surface area contributed by atoms with Gasteiger partial charge in [0.2, 0.25) is 0 Å². The number of carbonyl (C=O) groups is 1. The third kappa shape index (κ3) is 4.85. The van der Waals surface area contributed by atoms with Crippen LogP contribution in [0.3, 0.4) is 0 Å². The number of nitrogens with zero attached hydrogens (tertiary/aromatic N) is 1. The van der Waals surface area contributed by atoms with E-state index in [1.165, 1.54) is 6.07 Å². The smallest absolute Gasteiger partial charge is 0.877 e. The Bertz CT molecular complexity index is 194. The second-order valence-electron chi connectivity index (χ2n) is 1.36. The van der Waals surface area contributed by atoms with Gasteiger partial charge in [-0.15, -0.1) is 6.26 Å². The van der Waals surface area contributed by atoms with Crippen molar-refractivity contribution >= 4 is 5.97 Å². The Morgan fingerprint density at radius 3 is 2.64 bits per heavy atom. The number of nitriles is 1. The summed E-state index contributed by atoms with van der Waals surface area (Å²) in [4.78, 5) is 10.5. The zero-order valence-corrected chi connectivity index (χ0v) is 8.46. The number of esters is 1. The molecule has 0 heterocycles. The van der Waals surface area contributed by atoms with Gasteiger partial charge in [0.1, 0.15) is 11.6 Å². The van der Waals surface area contributed by atoms with E-state index in [4.69, 9.17) is 5.26 Å². The number of hydrogen-bond acceptors (Lipinski definition) is 4. The summed E-state index contributed by atoms with van der Waals surface area (Å²) >= 11 is 0. The second kappa shape index (κ2) is 7.61. The van der Waals surface area contributed by atoms with Crippen molar-refractivity contribution in [3.8, 4) is 6.07 Å². The van der Waals surface area contributed by atoms with Crippen LogP contribution in [-0.2, 0) is 9.53 Å². The van der Waals surface area contributed by atoms with Crippen molar-refractivity contribution in [1.82, 2.24) is 0 Å². The van der Waals surface area contributed by atoms with Crippen LogP contribution < -0.4 is 34.7 Å². The van der Waals surface area contributed by atoms with Crippen LogP contribution in [0.2, 0.25) is 0 Å². The van der Waals surface area contributed by atoms with E-state index in [1.54, 1.807) is 6.92 Å². The first-order valence-electron chi connectivity index (χ1n) is 2.65. The second-order valence-corrected chi connectivity index (χ2v) is 1.36. The van der Waals surface area contributed by atoms with Gasteiger partial charge < -0.3 is 9.84 Å². The number of carbonyl (C=O) groups excluding carboxylic acids is 1. The van der Waals surface area contributed by atoms with Gasteiger partial charge in [-0.25, -0.2) is 4.79 Å². The topological polar surface area (TPSA) is 73.2 Å². The zero-order chi connectivity index (χ0) is 7.98. The standard InChI is InChI=1S/C6H7NO3.Na/c1-2-10-6(9)5(3-7)4-8;/h4,8H,2H2,1H3;/q;+1/p-1/b5-4+;. The van der Waals surface area contributed by atoms with Gasteiger partial charge in [0.15, 0.2) is 0 Å². The molecule has 0 aromatic heterocycles. The van der Waals surface area contributed by atoms with E-state index in [2.05, 4.69) is 4.74 Å². The maximum atomic E-state index is 10.5. The van der Waals surface area contributed by atoms with Crippen molar-refractivity contribution in [2.75, 3.05) is 6.61 Å². The Balaban J connectivity index is 0. The van der Waals surface area contributed by atoms with E-state index in [-0.39, 0.29) is 42.4 Å². The normalized spacial score (nSPS) is 9.27. The minimum absolute atomic E-state index is 0. The molecular formula is C6H6NNaO3. The third-order valence-electron chi connectivity index (χ3n) is 0.734. The maximum Gasteiger partial charge on any atom is 1.00 e. The molecule has 0 aromatic carbocycles. The predicted molar refractivity (Wildman–Crippen MR) is 30.3 cm³/mol. The van der Waals surface area contributed by atoms with Crippen LogP contribution in [0.5, 0.6) is 0 Å². The van der Waals surface area contributed by atoms with E-state index < -0.39 is 11.5 Å². The van der Waals surface area contributed by atoms with Gasteiger partial charge in [-0.3, -0.25) is 0 Å². The van der Waals surface area contributed by atoms with Crippen molar-refractivity contribution in [2.24, 2.45) is 0 Å². The summed E-state index contributed by atoms with van der Waals surface area (Å²) in [5.41, 5.74) is -0.498. The van der Waals surface area contributed by atoms with Crippen molar-refractivity contribution < 1.29 is 44.2 Å². The first kappa shape index (κ1) is 13.1. The number of rotatable bonds is 2. The van der Waals surface area contributed by atoms with Crippen LogP contribution in [0.25, 0.3) is 0 Å². The Kier molecular flexibility index (Phi) is 9.07. The summed E-state index contributed by atoms with van der Waals surface area (Å²) in [5.74, 6) is -0.861. The molecule has 0 saturated carbocycles. The molecule has 0 fully saturated rings. The van der Waals surface area contributed by atoms with Crippen molar-refractivity contribution in [3.05, 3.63) is 11.8 Å². The number of hydrogen-bond donors (Lipinski definition) is 0. The summed E-state index contributed by atoms with van der Waals surface area (Å²) in [6.07, 6.45) is 0.179. The molecule has 0 saturated heterocycles. The molecule has 5 heteroatoms. The van der Waals surface area contributed by atoms with E-state index in [1.807, 2.05) is 0 Å². The van der Waals surface area contributed by atoms with Gasteiger partial charge in [0, 0.05) is 0 Å². The van der Waals surface area contributed by atoms with Gasteiger partial charge in [-0.2, -0.15) is 5.26 Å². The molecule has 0 atom stereocenters. The molecule has 0 spiro atoms. The molecule has 0 amide bonds. The van der Waals surface area contributed by atoms with Gasteiger partial charge in [-0.1, -0.05) is 0 Å². The number of ether oxygens (including phenoxy) is 1. The fourth-order valence-electron chi connectivity index (χ4n) is 0.329. The molecule has 0 aliphatic rings. The van der Waals surface area contributed by atoms with E-state index in [0.29, 0.717) is 0 Å². The zero-order valence-electron chi connectivity index (χ0n) is 6.46. The molecule has 11 heavy (non-hydrogen) atoms. The fraction of sp³-hybridized carbons (Fsp3) is 0.333. The SMILES string of the molecule is CCOC(=O)/C(C#N)=C/[O-].[Na+]. The van der Waals surface area contributed by atoms with Crippen molar-refractivity contribution in [1.29, 1.82) is 5.26 Å². The molecule has 0 bridgehead atoms. The predicted octanol–water partition coefficient (Wildman–Crippen LogP) is -3.68. The van der Waals surface area contributed by atoms with Crippen molar-refractivity contribution in [2.45, 2.75) is 6.92 Å². The van der Waals surface area contributed by atoms with E-state index in [9.17, 15) is 9.90 Å². The summed E-state index contributed by atoms with van der Waals surface area (Å²) in [7, 11) is 0. The molecule has 0 aromatic rings. The Morgan fingerprint density at radius 1 is 1.82 bits per heavy atom. The van der Waals surface area contributed by atoms with E-state index in [0.717, 1.165) is 0 Å². The Labute approximate surface area is 86.7 Å². The van der Waals surface area contributed by atoms with Crippen molar-refractivity contribution in [3.63, 3.8) is 0 Å². The summed E-state index contributed by atoms with van der Waals surface area (Å²) in [6, 6.07) is 1.41. The molecule has 0 aliphatic carbocycles. The molecule has 0 unspecified atom stereocenters. The molecule has 0 aliphatic heterocycles. The molecular weight excluding hydrogens is 157 g/mol. The summed E-state index contributed by atoms with van der Waals surface area (Å²) < 4.78 is 4.36. The van der Waals surface area contributed by atoms with Crippen LogP contribution in [-0.4, -0.2) is 12.6 Å². The summed E-state index contributed by atoms with van der Waals surface area (Å²) in [6.45, 7) is 1.76. The first-order chi connectivity index (χ1) is 4.76. The van der Waals surface area contributed by atoms with Crippen LogP contribution in [0.1, 0.15) is 6.92 Å². The third-order valence-corrected chi connectivity index (χ3v) is 0.734. The molecule has 54 valence electrons. The molecule has 4 nitrogen and oxygen atoms in total. The first-order valence-corrected chi connectivity index (χ1v) is 2.65. The van der Waals surface area contributed by atoms with Crippen LogP contribution in [0.4, 0.5) is 0 Å². The molecule has 0 rings (SSSR count). The van der Waals surface area contributed by atoms with E-state index >= 15 is 0 Å². The van der Waals surface area contributed by atoms with Gasteiger partial charge in [-0.05, 0) is 6.92 Å². The minimum atomic E-state index is -0.861. The summed E-state index contributed by atoms with van der Waals surface area (Å²) in [5, 5.41) is 18.0.